The summed E-state index contributed by atoms with van der Waals surface area (Å²) in [4.78, 5) is 43.4. The summed E-state index contributed by atoms with van der Waals surface area (Å²) < 4.78 is 5.44. The molecule has 7 nitrogen and oxygen atoms in total. The van der Waals surface area contributed by atoms with Gasteiger partial charge in [0.1, 0.15) is 12.3 Å². The quantitative estimate of drug-likeness (QED) is 0.725. The van der Waals surface area contributed by atoms with Gasteiger partial charge < -0.3 is 14.5 Å². The van der Waals surface area contributed by atoms with Crippen LogP contribution in [0.3, 0.4) is 0 Å². The standard InChI is InChI=1S/C22H29N3O4/c1-29-18-8-4-3-7-17(18)23-11-13-24(14-12-23)20(27)16-25-19(26)15-22(21(25)28)9-5-2-6-10-22/h3-4,7-8H,2,5-6,9-16H2,1H3. The van der Waals surface area contributed by atoms with Crippen LogP contribution in [0.1, 0.15) is 38.5 Å². The molecule has 7 heteroatoms. The van der Waals surface area contributed by atoms with Gasteiger partial charge in [0.25, 0.3) is 0 Å². The fraction of sp³-hybridized carbons (Fsp3) is 0.591. The summed E-state index contributed by atoms with van der Waals surface area (Å²) in [6.07, 6.45) is 4.94. The van der Waals surface area contributed by atoms with Gasteiger partial charge in [-0.2, -0.15) is 0 Å². The molecule has 1 saturated carbocycles. The number of amides is 3. The van der Waals surface area contributed by atoms with Crippen molar-refractivity contribution in [2.24, 2.45) is 5.41 Å². The van der Waals surface area contributed by atoms with Crippen molar-refractivity contribution in [1.82, 2.24) is 9.80 Å². The van der Waals surface area contributed by atoms with Crippen LogP contribution in [0.5, 0.6) is 5.75 Å². The second-order valence-corrected chi connectivity index (χ2v) is 8.34. The van der Waals surface area contributed by atoms with E-state index in [1.807, 2.05) is 24.3 Å². The molecule has 0 N–H and O–H groups in total. The number of rotatable bonds is 4. The largest absolute Gasteiger partial charge is 0.495 e. The summed E-state index contributed by atoms with van der Waals surface area (Å²) >= 11 is 0. The van der Waals surface area contributed by atoms with Gasteiger partial charge in [0, 0.05) is 32.6 Å². The zero-order chi connectivity index (χ0) is 20.4. The number of piperazine rings is 1. The van der Waals surface area contributed by atoms with Gasteiger partial charge in [-0.1, -0.05) is 31.4 Å². The zero-order valence-electron chi connectivity index (χ0n) is 17.1. The first-order valence-electron chi connectivity index (χ1n) is 10.5. The molecule has 0 aromatic heterocycles. The molecule has 1 aliphatic carbocycles. The Hall–Kier alpha value is -2.57. The Morgan fingerprint density at radius 3 is 2.41 bits per heavy atom. The molecular formula is C22H29N3O4. The maximum atomic E-state index is 12.9. The maximum Gasteiger partial charge on any atom is 0.242 e. The molecule has 3 fully saturated rings. The van der Waals surface area contributed by atoms with E-state index in [9.17, 15) is 14.4 Å². The summed E-state index contributed by atoms with van der Waals surface area (Å²) in [5.41, 5.74) is 0.490. The molecule has 2 aliphatic heterocycles. The molecule has 0 bridgehead atoms. The Kier molecular flexibility index (Phi) is 5.48. The molecule has 1 spiro atoms. The number of hydrogen-bond donors (Lipinski definition) is 0. The summed E-state index contributed by atoms with van der Waals surface area (Å²) in [7, 11) is 1.65. The lowest BCUT2D eigenvalue weighted by Gasteiger charge is -2.37. The van der Waals surface area contributed by atoms with Crippen LogP contribution in [0.25, 0.3) is 0 Å². The molecule has 0 atom stereocenters. The highest BCUT2D eigenvalue weighted by Gasteiger charge is 2.52. The van der Waals surface area contributed by atoms with E-state index in [0.29, 0.717) is 26.2 Å². The van der Waals surface area contributed by atoms with Crippen LogP contribution in [0.4, 0.5) is 5.69 Å². The second-order valence-electron chi connectivity index (χ2n) is 8.34. The Morgan fingerprint density at radius 1 is 1.03 bits per heavy atom. The van der Waals surface area contributed by atoms with Gasteiger partial charge in [-0.15, -0.1) is 0 Å². The van der Waals surface area contributed by atoms with E-state index >= 15 is 0 Å². The Morgan fingerprint density at radius 2 is 1.72 bits per heavy atom. The summed E-state index contributed by atoms with van der Waals surface area (Å²) in [5, 5.41) is 0. The van der Waals surface area contributed by atoms with Gasteiger partial charge in [-0.25, -0.2) is 0 Å². The van der Waals surface area contributed by atoms with Gasteiger partial charge in [0.05, 0.1) is 18.2 Å². The van der Waals surface area contributed by atoms with Crippen LogP contribution in [-0.4, -0.2) is 67.4 Å². The highest BCUT2D eigenvalue weighted by atomic mass is 16.5. The van der Waals surface area contributed by atoms with Gasteiger partial charge in [-0.3, -0.25) is 19.3 Å². The SMILES string of the molecule is COc1ccccc1N1CCN(C(=O)CN2C(=O)CC3(CCCCC3)C2=O)CC1. The first-order valence-corrected chi connectivity index (χ1v) is 10.5. The molecule has 1 aromatic rings. The molecule has 3 aliphatic rings. The molecule has 1 aromatic carbocycles. The smallest absolute Gasteiger partial charge is 0.242 e. The van der Waals surface area contributed by atoms with Crippen LogP contribution in [0, 0.1) is 5.41 Å². The van der Waals surface area contributed by atoms with Crippen molar-refractivity contribution < 1.29 is 19.1 Å². The van der Waals surface area contributed by atoms with E-state index in [4.69, 9.17) is 4.74 Å². The molecule has 0 radical (unpaired) electrons. The number of hydrogen-bond acceptors (Lipinski definition) is 5. The number of benzene rings is 1. The molecule has 3 amide bonds. The Labute approximate surface area is 171 Å². The lowest BCUT2D eigenvalue weighted by molar-refractivity contribution is -0.148. The van der Waals surface area contributed by atoms with Crippen molar-refractivity contribution in [2.45, 2.75) is 38.5 Å². The number of para-hydroxylation sites is 2. The van der Waals surface area contributed by atoms with Gasteiger partial charge >= 0.3 is 0 Å². The molecule has 156 valence electrons. The van der Waals surface area contributed by atoms with Crippen LogP contribution in [-0.2, 0) is 14.4 Å². The third-order valence-corrected chi connectivity index (χ3v) is 6.65. The number of anilines is 1. The number of likely N-dealkylation sites (tertiary alicyclic amines) is 1. The van der Waals surface area contributed by atoms with Gasteiger partial charge in [0.15, 0.2) is 0 Å². The van der Waals surface area contributed by atoms with Crippen molar-refractivity contribution in [2.75, 3.05) is 44.7 Å². The van der Waals surface area contributed by atoms with Crippen molar-refractivity contribution in [3.8, 4) is 5.75 Å². The number of imide groups is 1. The third kappa shape index (κ3) is 3.70. The maximum absolute atomic E-state index is 12.9. The number of ether oxygens (including phenoxy) is 1. The van der Waals surface area contributed by atoms with Crippen LogP contribution in [0.15, 0.2) is 24.3 Å². The van der Waals surface area contributed by atoms with E-state index in [2.05, 4.69) is 4.90 Å². The monoisotopic (exact) mass is 399 g/mol. The van der Waals surface area contributed by atoms with E-state index in [1.165, 1.54) is 4.90 Å². The lowest BCUT2D eigenvalue weighted by Crippen LogP contribution is -2.52. The van der Waals surface area contributed by atoms with Crippen molar-refractivity contribution >= 4 is 23.4 Å². The average molecular weight is 399 g/mol. The highest BCUT2D eigenvalue weighted by molar-refractivity contribution is 6.08. The number of carbonyl (C=O) groups excluding carboxylic acids is 3. The molecule has 2 saturated heterocycles. The van der Waals surface area contributed by atoms with Crippen LogP contribution < -0.4 is 9.64 Å². The minimum atomic E-state index is -0.530. The normalized spacial score (nSPS) is 21.8. The predicted octanol–water partition coefficient (Wildman–Crippen LogP) is 2.05. The molecule has 0 unspecified atom stereocenters. The lowest BCUT2D eigenvalue weighted by atomic mass is 9.73. The fourth-order valence-corrected chi connectivity index (χ4v) is 4.96. The number of methoxy groups -OCH3 is 1. The van der Waals surface area contributed by atoms with E-state index < -0.39 is 5.41 Å². The Balaban J connectivity index is 1.35. The summed E-state index contributed by atoms with van der Waals surface area (Å²) in [6.45, 7) is 2.40. The molecule has 29 heavy (non-hydrogen) atoms. The minimum Gasteiger partial charge on any atom is -0.495 e. The first-order chi connectivity index (χ1) is 14.0. The minimum absolute atomic E-state index is 0.117. The van der Waals surface area contributed by atoms with E-state index in [-0.39, 0.29) is 30.7 Å². The van der Waals surface area contributed by atoms with E-state index in [1.54, 1.807) is 12.0 Å². The second kappa shape index (κ2) is 8.05. The van der Waals surface area contributed by atoms with Gasteiger partial charge in [-0.05, 0) is 25.0 Å². The van der Waals surface area contributed by atoms with E-state index in [0.717, 1.165) is 43.5 Å². The molecule has 4 rings (SSSR count). The summed E-state index contributed by atoms with van der Waals surface area (Å²) in [5.74, 6) is 0.374. The fourth-order valence-electron chi connectivity index (χ4n) is 4.96. The third-order valence-electron chi connectivity index (χ3n) is 6.65. The van der Waals surface area contributed by atoms with Crippen LogP contribution >= 0.6 is 0 Å². The summed E-state index contributed by atoms with van der Waals surface area (Å²) in [6, 6.07) is 7.85. The van der Waals surface area contributed by atoms with Crippen LogP contribution in [0.2, 0.25) is 0 Å². The Bertz CT molecular complexity index is 795. The topological polar surface area (TPSA) is 70.2 Å². The molecular weight excluding hydrogens is 370 g/mol. The first kappa shape index (κ1) is 19.7. The molecule has 2 heterocycles. The van der Waals surface area contributed by atoms with Gasteiger partial charge in [0.2, 0.25) is 17.7 Å². The average Bonchev–Trinajstić information content (AvgIpc) is 2.98. The van der Waals surface area contributed by atoms with Crippen molar-refractivity contribution in [3.05, 3.63) is 24.3 Å². The zero-order valence-corrected chi connectivity index (χ0v) is 17.1. The highest BCUT2D eigenvalue weighted by Crippen LogP contribution is 2.45. The van der Waals surface area contributed by atoms with Crippen molar-refractivity contribution in [1.29, 1.82) is 0 Å². The van der Waals surface area contributed by atoms with Crippen molar-refractivity contribution in [3.63, 3.8) is 0 Å². The number of nitrogens with zero attached hydrogens (tertiary/aromatic N) is 3. The predicted molar refractivity (Wildman–Crippen MR) is 109 cm³/mol. The number of carbonyl (C=O) groups is 3.